The smallest absolute Gasteiger partial charge is 0.247 e. The first-order chi connectivity index (χ1) is 17.9. The molecule has 1 aliphatic heterocycles. The van der Waals surface area contributed by atoms with Gasteiger partial charge in [0.1, 0.15) is 18.0 Å². The van der Waals surface area contributed by atoms with Crippen molar-refractivity contribution in [3.8, 4) is 5.75 Å². The highest BCUT2D eigenvalue weighted by Gasteiger charge is 2.50. The Balaban J connectivity index is 1.67. The predicted octanol–water partition coefficient (Wildman–Crippen LogP) is 2.20. The fraction of sp³-hybridized carbons (Fsp3) is 0.448. The third-order valence-electron chi connectivity index (χ3n) is 6.75. The molecule has 8 nitrogen and oxygen atoms in total. The van der Waals surface area contributed by atoms with Crippen molar-refractivity contribution in [1.29, 1.82) is 0 Å². The highest BCUT2D eigenvalue weighted by molar-refractivity contribution is 5.96. The molecule has 1 aliphatic carbocycles. The standard InChI is InChI=1S/C29H36N2O6/c1-19(2)36-16-8-14-31(25(33)17-20-9-4-3-5-10-20)23-18-22(29(35)30-13-15-32)26-21-11-6-7-12-24(21)37-28(26)27(23)34/h3-7,9-12,18-19,23,26-28,32,34H,8,13-17H2,1-2H3,(H,30,35). The average molecular weight is 509 g/mol. The molecule has 8 heteroatoms. The molecule has 2 aliphatic rings. The van der Waals surface area contributed by atoms with Crippen LogP contribution in [0.25, 0.3) is 0 Å². The van der Waals surface area contributed by atoms with Crippen LogP contribution >= 0.6 is 0 Å². The van der Waals surface area contributed by atoms with Gasteiger partial charge in [-0.3, -0.25) is 9.59 Å². The van der Waals surface area contributed by atoms with Gasteiger partial charge < -0.3 is 29.9 Å². The zero-order chi connectivity index (χ0) is 26.4. The molecule has 0 aromatic heterocycles. The van der Waals surface area contributed by atoms with Crippen LogP contribution in [-0.2, 0) is 20.7 Å². The Morgan fingerprint density at radius 1 is 1.11 bits per heavy atom. The van der Waals surface area contributed by atoms with Crippen molar-refractivity contribution in [1.82, 2.24) is 10.2 Å². The summed E-state index contributed by atoms with van der Waals surface area (Å²) < 4.78 is 11.9. The van der Waals surface area contributed by atoms with Gasteiger partial charge >= 0.3 is 0 Å². The van der Waals surface area contributed by atoms with Crippen LogP contribution in [-0.4, -0.2) is 77.6 Å². The van der Waals surface area contributed by atoms with E-state index in [0.29, 0.717) is 30.9 Å². The first-order valence-electron chi connectivity index (χ1n) is 12.9. The number of hydrogen-bond acceptors (Lipinski definition) is 6. The number of aliphatic hydroxyl groups excluding tert-OH is 2. The van der Waals surface area contributed by atoms with Crippen LogP contribution in [0.1, 0.15) is 37.3 Å². The van der Waals surface area contributed by atoms with E-state index in [9.17, 15) is 19.8 Å². The van der Waals surface area contributed by atoms with Gasteiger partial charge in [0, 0.05) is 30.8 Å². The largest absolute Gasteiger partial charge is 0.486 e. The predicted molar refractivity (Wildman–Crippen MR) is 139 cm³/mol. The highest BCUT2D eigenvalue weighted by Crippen LogP contribution is 2.47. The van der Waals surface area contributed by atoms with Crippen LogP contribution in [0.4, 0.5) is 0 Å². The summed E-state index contributed by atoms with van der Waals surface area (Å²) in [7, 11) is 0. The lowest BCUT2D eigenvalue weighted by Gasteiger charge is -2.41. The molecule has 2 aromatic rings. The molecule has 0 fully saturated rings. The van der Waals surface area contributed by atoms with Gasteiger partial charge in [0.15, 0.2) is 0 Å². The molecule has 198 valence electrons. The van der Waals surface area contributed by atoms with Crippen molar-refractivity contribution in [3.05, 3.63) is 77.4 Å². The van der Waals surface area contributed by atoms with Crippen LogP contribution < -0.4 is 10.1 Å². The third-order valence-corrected chi connectivity index (χ3v) is 6.75. The molecular formula is C29H36N2O6. The second kappa shape index (κ2) is 12.4. The normalized spacial score (nSPS) is 22.0. The monoisotopic (exact) mass is 508 g/mol. The lowest BCUT2D eigenvalue weighted by Crippen LogP contribution is -2.56. The number of nitrogens with zero attached hydrogens (tertiary/aromatic N) is 1. The van der Waals surface area contributed by atoms with Crippen LogP contribution in [0.3, 0.4) is 0 Å². The number of carbonyl (C=O) groups excluding carboxylic acids is 2. The van der Waals surface area contributed by atoms with Gasteiger partial charge in [-0.25, -0.2) is 0 Å². The number of hydrogen-bond donors (Lipinski definition) is 3. The van der Waals surface area contributed by atoms with Crippen molar-refractivity contribution in [2.45, 2.75) is 57.0 Å². The Bertz CT molecular complexity index is 1100. The Labute approximate surface area is 217 Å². The molecule has 2 aromatic carbocycles. The van der Waals surface area contributed by atoms with E-state index < -0.39 is 24.2 Å². The third kappa shape index (κ3) is 6.21. The first-order valence-corrected chi connectivity index (χ1v) is 12.9. The second-order valence-corrected chi connectivity index (χ2v) is 9.70. The minimum Gasteiger partial charge on any atom is -0.486 e. The SMILES string of the molecule is CC(C)OCCCN(C(=O)Cc1ccccc1)C1C=C(C(=O)NCCO)C2c3ccccc3OC2C1O. The fourth-order valence-corrected chi connectivity index (χ4v) is 5.06. The molecule has 0 bridgehead atoms. The summed E-state index contributed by atoms with van der Waals surface area (Å²) in [5, 5.41) is 23.5. The van der Waals surface area contributed by atoms with Crippen molar-refractivity contribution < 1.29 is 29.3 Å². The zero-order valence-corrected chi connectivity index (χ0v) is 21.4. The molecule has 2 amide bonds. The maximum Gasteiger partial charge on any atom is 0.247 e. The lowest BCUT2D eigenvalue weighted by molar-refractivity contribution is -0.136. The molecule has 0 saturated carbocycles. The summed E-state index contributed by atoms with van der Waals surface area (Å²) in [6, 6.07) is 16.1. The molecule has 3 N–H and O–H groups in total. The molecule has 37 heavy (non-hydrogen) atoms. The average Bonchev–Trinajstić information content (AvgIpc) is 3.28. The second-order valence-electron chi connectivity index (χ2n) is 9.70. The number of carbonyl (C=O) groups is 2. The summed E-state index contributed by atoms with van der Waals surface area (Å²) >= 11 is 0. The van der Waals surface area contributed by atoms with Gasteiger partial charge in [-0.1, -0.05) is 48.5 Å². The number of amides is 2. The van der Waals surface area contributed by atoms with E-state index in [1.54, 1.807) is 11.0 Å². The molecular weight excluding hydrogens is 472 g/mol. The molecule has 1 heterocycles. The van der Waals surface area contributed by atoms with Crippen molar-refractivity contribution in [2.75, 3.05) is 26.3 Å². The number of aliphatic hydroxyl groups is 2. The summed E-state index contributed by atoms with van der Waals surface area (Å²) in [5.74, 6) is -0.359. The van der Waals surface area contributed by atoms with E-state index in [-0.39, 0.29) is 37.5 Å². The Morgan fingerprint density at radius 3 is 2.57 bits per heavy atom. The van der Waals surface area contributed by atoms with Gasteiger partial charge in [0.2, 0.25) is 11.8 Å². The zero-order valence-electron chi connectivity index (χ0n) is 21.4. The maximum atomic E-state index is 13.6. The summed E-state index contributed by atoms with van der Waals surface area (Å²) in [4.78, 5) is 28.5. The minimum absolute atomic E-state index is 0.0709. The number of benzene rings is 2. The molecule has 0 radical (unpaired) electrons. The summed E-state index contributed by atoms with van der Waals surface area (Å²) in [6.07, 6.45) is 0.762. The molecule has 4 rings (SSSR count). The Hall–Kier alpha value is -3.20. The van der Waals surface area contributed by atoms with E-state index >= 15 is 0 Å². The Morgan fingerprint density at radius 2 is 1.84 bits per heavy atom. The molecule has 0 spiro atoms. The Kier molecular flexibility index (Phi) is 8.97. The fourth-order valence-electron chi connectivity index (χ4n) is 5.06. The van der Waals surface area contributed by atoms with Crippen LogP contribution in [0, 0.1) is 0 Å². The lowest BCUT2D eigenvalue weighted by atomic mass is 9.77. The maximum absolute atomic E-state index is 13.6. The first kappa shape index (κ1) is 26.9. The van der Waals surface area contributed by atoms with Crippen LogP contribution in [0.5, 0.6) is 5.75 Å². The number of para-hydroxylation sites is 1. The van der Waals surface area contributed by atoms with Gasteiger partial charge in [-0.05, 0) is 38.0 Å². The van der Waals surface area contributed by atoms with Crippen LogP contribution in [0.2, 0.25) is 0 Å². The van der Waals surface area contributed by atoms with Gasteiger partial charge in [-0.15, -0.1) is 0 Å². The minimum atomic E-state index is -1.04. The van der Waals surface area contributed by atoms with E-state index in [2.05, 4.69) is 5.32 Å². The molecule has 4 atom stereocenters. The summed E-state index contributed by atoms with van der Waals surface area (Å²) in [5.41, 5.74) is 2.12. The van der Waals surface area contributed by atoms with Gasteiger partial charge in [0.05, 0.1) is 31.1 Å². The number of ether oxygens (including phenoxy) is 2. The molecule has 0 saturated heterocycles. The molecule has 4 unspecified atom stereocenters. The number of nitrogens with one attached hydrogen (secondary N) is 1. The quantitative estimate of drug-likeness (QED) is 0.402. The van der Waals surface area contributed by atoms with Gasteiger partial charge in [0.25, 0.3) is 0 Å². The highest BCUT2D eigenvalue weighted by atomic mass is 16.5. The van der Waals surface area contributed by atoms with E-state index in [1.807, 2.05) is 68.4 Å². The van der Waals surface area contributed by atoms with E-state index in [0.717, 1.165) is 11.1 Å². The van der Waals surface area contributed by atoms with Crippen molar-refractivity contribution in [2.24, 2.45) is 0 Å². The topological polar surface area (TPSA) is 108 Å². The number of rotatable bonds is 11. The summed E-state index contributed by atoms with van der Waals surface area (Å²) in [6.45, 7) is 4.65. The van der Waals surface area contributed by atoms with Gasteiger partial charge in [-0.2, -0.15) is 0 Å². The van der Waals surface area contributed by atoms with E-state index in [1.165, 1.54) is 0 Å². The van der Waals surface area contributed by atoms with Crippen molar-refractivity contribution >= 4 is 11.8 Å². The van der Waals surface area contributed by atoms with E-state index in [4.69, 9.17) is 9.47 Å². The van der Waals surface area contributed by atoms with Crippen LogP contribution in [0.15, 0.2) is 66.2 Å². The number of fused-ring (bicyclic) bond motifs is 3. The van der Waals surface area contributed by atoms with Crippen molar-refractivity contribution in [3.63, 3.8) is 0 Å².